The second kappa shape index (κ2) is 7.04. The summed E-state index contributed by atoms with van der Waals surface area (Å²) in [7, 11) is 0. The molecule has 6 heteroatoms. The maximum absolute atomic E-state index is 11.9. The molecule has 0 saturated heterocycles. The van der Waals surface area contributed by atoms with Crippen LogP contribution in [0.2, 0.25) is 5.02 Å². The molecule has 1 heterocycles. The molecule has 1 aromatic carbocycles. The zero-order valence-corrected chi connectivity index (χ0v) is 13.0. The molecule has 0 atom stereocenters. The molecule has 0 radical (unpaired) electrons. The van der Waals surface area contributed by atoms with Crippen molar-refractivity contribution in [3.8, 4) is 0 Å². The Labute approximate surface area is 133 Å². The number of esters is 1. The van der Waals surface area contributed by atoms with Gasteiger partial charge in [0.1, 0.15) is 5.82 Å². The normalized spacial score (nSPS) is 10.1. The predicted octanol–water partition coefficient (Wildman–Crippen LogP) is 3.15. The first-order valence-corrected chi connectivity index (χ1v) is 6.99. The Kier molecular flexibility index (Phi) is 5.12. The Morgan fingerprint density at radius 2 is 1.95 bits per heavy atom. The first-order chi connectivity index (χ1) is 10.5. The van der Waals surface area contributed by atoms with Crippen molar-refractivity contribution in [3.63, 3.8) is 0 Å². The van der Waals surface area contributed by atoms with E-state index in [0.717, 1.165) is 11.1 Å². The van der Waals surface area contributed by atoms with E-state index in [4.69, 9.17) is 16.3 Å². The molecule has 0 aliphatic carbocycles. The van der Waals surface area contributed by atoms with Crippen LogP contribution in [0.3, 0.4) is 0 Å². The van der Waals surface area contributed by atoms with Gasteiger partial charge in [-0.2, -0.15) is 0 Å². The molecule has 0 bridgehead atoms. The summed E-state index contributed by atoms with van der Waals surface area (Å²) >= 11 is 5.70. The van der Waals surface area contributed by atoms with Gasteiger partial charge in [0.2, 0.25) is 0 Å². The lowest BCUT2D eigenvalue weighted by molar-refractivity contribution is -0.119. The van der Waals surface area contributed by atoms with Crippen molar-refractivity contribution in [2.75, 3.05) is 11.9 Å². The van der Waals surface area contributed by atoms with Crippen LogP contribution in [0.4, 0.5) is 5.82 Å². The lowest BCUT2D eigenvalue weighted by Gasteiger charge is -2.07. The molecule has 2 rings (SSSR count). The minimum atomic E-state index is -0.540. The van der Waals surface area contributed by atoms with Crippen LogP contribution in [-0.4, -0.2) is 23.5 Å². The number of nitrogens with zero attached hydrogens (tertiary/aromatic N) is 1. The molecule has 2 aromatic rings. The van der Waals surface area contributed by atoms with Crippen LogP contribution >= 0.6 is 11.6 Å². The summed E-state index contributed by atoms with van der Waals surface area (Å²) in [5, 5.41) is 2.98. The van der Waals surface area contributed by atoms with Gasteiger partial charge in [-0.3, -0.25) is 4.79 Å². The smallest absolute Gasteiger partial charge is 0.338 e. The zero-order valence-electron chi connectivity index (χ0n) is 12.2. The van der Waals surface area contributed by atoms with Crippen molar-refractivity contribution in [1.29, 1.82) is 0 Å². The molecule has 0 fully saturated rings. The van der Waals surface area contributed by atoms with Gasteiger partial charge in [0.05, 0.1) is 10.6 Å². The number of pyridine rings is 1. The molecule has 114 valence electrons. The number of nitrogens with one attached hydrogen (secondary N) is 1. The molecular formula is C16H15ClN2O3. The maximum atomic E-state index is 11.9. The highest BCUT2D eigenvalue weighted by Crippen LogP contribution is 2.11. The highest BCUT2D eigenvalue weighted by Gasteiger charge is 2.11. The van der Waals surface area contributed by atoms with E-state index >= 15 is 0 Å². The molecule has 0 aliphatic heterocycles. The molecule has 0 aliphatic rings. The van der Waals surface area contributed by atoms with Gasteiger partial charge < -0.3 is 10.1 Å². The number of aryl methyl sites for hydroxylation is 2. The summed E-state index contributed by atoms with van der Waals surface area (Å²) in [5.74, 6) is -0.661. The highest BCUT2D eigenvalue weighted by atomic mass is 35.5. The Bertz CT molecular complexity index is 699. The van der Waals surface area contributed by atoms with Gasteiger partial charge in [0, 0.05) is 6.20 Å². The van der Waals surface area contributed by atoms with Gasteiger partial charge in [0.15, 0.2) is 6.61 Å². The van der Waals surface area contributed by atoms with Crippen LogP contribution in [-0.2, 0) is 9.53 Å². The third kappa shape index (κ3) is 4.30. The molecule has 1 N–H and O–H groups in total. The van der Waals surface area contributed by atoms with E-state index in [-0.39, 0.29) is 6.61 Å². The average Bonchev–Trinajstić information content (AvgIpc) is 2.50. The van der Waals surface area contributed by atoms with Crippen LogP contribution < -0.4 is 5.32 Å². The predicted molar refractivity (Wildman–Crippen MR) is 84.1 cm³/mol. The number of halogens is 1. The fourth-order valence-corrected chi connectivity index (χ4v) is 1.82. The highest BCUT2D eigenvalue weighted by molar-refractivity contribution is 6.30. The van der Waals surface area contributed by atoms with E-state index < -0.39 is 11.9 Å². The average molecular weight is 319 g/mol. The number of hydrogen-bond acceptors (Lipinski definition) is 4. The van der Waals surface area contributed by atoms with Gasteiger partial charge in [0.25, 0.3) is 5.91 Å². The van der Waals surface area contributed by atoms with Crippen LogP contribution in [0.25, 0.3) is 0 Å². The van der Waals surface area contributed by atoms with Crippen molar-refractivity contribution >= 4 is 29.3 Å². The van der Waals surface area contributed by atoms with Gasteiger partial charge in [-0.25, -0.2) is 9.78 Å². The third-order valence-electron chi connectivity index (χ3n) is 3.07. The molecule has 0 saturated carbocycles. The number of anilines is 1. The van der Waals surface area contributed by atoms with E-state index in [1.54, 1.807) is 24.3 Å². The van der Waals surface area contributed by atoms with E-state index in [2.05, 4.69) is 10.3 Å². The summed E-state index contributed by atoms with van der Waals surface area (Å²) in [6.07, 6.45) is 1.41. The fourth-order valence-electron chi connectivity index (χ4n) is 1.71. The largest absolute Gasteiger partial charge is 0.452 e. The first-order valence-electron chi connectivity index (χ1n) is 6.61. The minimum absolute atomic E-state index is 0.344. The van der Waals surface area contributed by atoms with Crippen molar-refractivity contribution in [1.82, 2.24) is 4.98 Å². The summed E-state index contributed by atoms with van der Waals surface area (Å²) in [4.78, 5) is 27.5. The summed E-state index contributed by atoms with van der Waals surface area (Å²) in [5.41, 5.74) is 2.49. The number of aromatic nitrogens is 1. The molecule has 0 spiro atoms. The van der Waals surface area contributed by atoms with Gasteiger partial charge in [-0.1, -0.05) is 17.7 Å². The Morgan fingerprint density at radius 3 is 2.59 bits per heavy atom. The number of hydrogen-bond donors (Lipinski definition) is 1. The van der Waals surface area contributed by atoms with Crippen molar-refractivity contribution in [2.24, 2.45) is 0 Å². The summed E-state index contributed by atoms with van der Waals surface area (Å²) < 4.78 is 4.98. The van der Waals surface area contributed by atoms with Crippen LogP contribution in [0.5, 0.6) is 0 Å². The minimum Gasteiger partial charge on any atom is -0.452 e. The number of ether oxygens (including phenoxy) is 1. The topological polar surface area (TPSA) is 68.3 Å². The van der Waals surface area contributed by atoms with Gasteiger partial charge in [-0.15, -0.1) is 0 Å². The second-order valence-electron chi connectivity index (χ2n) is 4.79. The molecule has 1 amide bonds. The fraction of sp³-hybridized carbons (Fsp3) is 0.188. The van der Waals surface area contributed by atoms with Crippen molar-refractivity contribution < 1.29 is 14.3 Å². The monoisotopic (exact) mass is 318 g/mol. The van der Waals surface area contributed by atoms with Crippen LogP contribution in [0, 0.1) is 13.8 Å². The first kappa shape index (κ1) is 16.0. The molecule has 22 heavy (non-hydrogen) atoms. The second-order valence-corrected chi connectivity index (χ2v) is 5.22. The zero-order chi connectivity index (χ0) is 16.1. The maximum Gasteiger partial charge on any atom is 0.338 e. The number of rotatable bonds is 4. The van der Waals surface area contributed by atoms with Crippen molar-refractivity contribution in [3.05, 3.63) is 58.2 Å². The summed E-state index contributed by atoms with van der Waals surface area (Å²) in [6, 6.07) is 8.40. The Morgan fingerprint density at radius 1 is 1.18 bits per heavy atom. The quantitative estimate of drug-likeness (QED) is 0.879. The standard InChI is InChI=1S/C16H15ClN2O3/c1-10-3-4-12(7-11(10)2)16(21)22-9-15(20)19-14-6-5-13(17)8-18-14/h3-8H,9H2,1-2H3,(H,18,19,20). The molecule has 5 nitrogen and oxygen atoms in total. The molecule has 0 unspecified atom stereocenters. The number of carbonyl (C=O) groups excluding carboxylic acids is 2. The van der Waals surface area contributed by atoms with Crippen molar-refractivity contribution in [2.45, 2.75) is 13.8 Å². The van der Waals surface area contributed by atoms with E-state index in [1.807, 2.05) is 19.9 Å². The van der Waals surface area contributed by atoms with Gasteiger partial charge >= 0.3 is 5.97 Å². The number of benzene rings is 1. The lowest BCUT2D eigenvalue weighted by atomic mass is 10.1. The Balaban J connectivity index is 1.88. The summed E-state index contributed by atoms with van der Waals surface area (Å²) in [6.45, 7) is 3.48. The SMILES string of the molecule is Cc1ccc(C(=O)OCC(=O)Nc2ccc(Cl)cn2)cc1C. The van der Waals surface area contributed by atoms with Gasteiger partial charge in [-0.05, 0) is 49.2 Å². The molecule has 1 aromatic heterocycles. The van der Waals surface area contributed by atoms with E-state index in [0.29, 0.717) is 16.4 Å². The third-order valence-corrected chi connectivity index (χ3v) is 3.30. The van der Waals surface area contributed by atoms with Crippen LogP contribution in [0.1, 0.15) is 21.5 Å². The number of amides is 1. The van der Waals surface area contributed by atoms with Crippen LogP contribution in [0.15, 0.2) is 36.5 Å². The Hall–Kier alpha value is -2.40. The van der Waals surface area contributed by atoms with E-state index in [9.17, 15) is 9.59 Å². The van der Waals surface area contributed by atoms with E-state index in [1.165, 1.54) is 6.20 Å². The number of carbonyl (C=O) groups is 2. The lowest BCUT2D eigenvalue weighted by Crippen LogP contribution is -2.21. The molecular weight excluding hydrogens is 304 g/mol.